The minimum Gasteiger partial charge on any atom is -0.358 e. The summed E-state index contributed by atoms with van der Waals surface area (Å²) in [4.78, 5) is 13.9. The number of nitrogens with zero attached hydrogens (tertiary/aromatic N) is 1. The molecule has 1 atom stereocenters. The lowest BCUT2D eigenvalue weighted by atomic mass is 9.94. The number of piperazine rings is 1. The third-order valence-electron chi connectivity index (χ3n) is 3.37. The maximum atomic E-state index is 11.7. The van der Waals surface area contributed by atoms with Crippen molar-refractivity contribution in [2.75, 3.05) is 18.0 Å². The van der Waals surface area contributed by atoms with E-state index in [1.165, 1.54) is 11.3 Å². The second-order valence-electron chi connectivity index (χ2n) is 4.31. The summed E-state index contributed by atoms with van der Waals surface area (Å²) in [5.41, 5.74) is 2.44. The van der Waals surface area contributed by atoms with Gasteiger partial charge in [0.05, 0.1) is 0 Å². The number of hydrogen-bond donors (Lipinski definition) is 1. The highest BCUT2D eigenvalue weighted by molar-refractivity contribution is 6.30. The first-order valence-electron chi connectivity index (χ1n) is 5.58. The van der Waals surface area contributed by atoms with Crippen LogP contribution in [0.5, 0.6) is 0 Å². The summed E-state index contributed by atoms with van der Waals surface area (Å²) in [6.45, 7) is 1.63. The fourth-order valence-electron chi connectivity index (χ4n) is 2.62. The van der Waals surface area contributed by atoms with Gasteiger partial charge in [0.2, 0.25) is 5.91 Å². The Hall–Kier alpha value is -1.22. The Bertz CT molecular complexity index is 447. The average Bonchev–Trinajstić information content (AvgIpc) is 2.28. The zero-order chi connectivity index (χ0) is 11.1. The molecule has 1 unspecified atom stereocenters. The normalized spacial score (nSPS) is 23.4. The quantitative estimate of drug-likeness (QED) is 0.742. The summed E-state index contributed by atoms with van der Waals surface area (Å²) in [5, 5.41) is 3.69. The van der Waals surface area contributed by atoms with Crippen LogP contribution in [-0.4, -0.2) is 25.0 Å². The van der Waals surface area contributed by atoms with Crippen LogP contribution in [-0.2, 0) is 11.2 Å². The number of carbonyl (C=O) groups is 1. The molecule has 2 aliphatic rings. The molecule has 1 N–H and O–H groups in total. The fourth-order valence-corrected chi connectivity index (χ4v) is 2.81. The van der Waals surface area contributed by atoms with E-state index < -0.39 is 0 Å². The zero-order valence-corrected chi connectivity index (χ0v) is 9.63. The van der Waals surface area contributed by atoms with Crippen LogP contribution in [0.4, 0.5) is 5.69 Å². The minimum atomic E-state index is 0.0161. The monoisotopic (exact) mass is 236 g/mol. The second kappa shape index (κ2) is 3.67. The third kappa shape index (κ3) is 1.47. The van der Waals surface area contributed by atoms with Gasteiger partial charge >= 0.3 is 0 Å². The minimum absolute atomic E-state index is 0.0161. The number of aryl methyl sites for hydroxylation is 1. The number of halogens is 1. The van der Waals surface area contributed by atoms with Crippen molar-refractivity contribution in [3.8, 4) is 0 Å². The predicted octanol–water partition coefficient (Wildman–Crippen LogP) is 1.59. The van der Waals surface area contributed by atoms with E-state index in [9.17, 15) is 4.79 Å². The molecule has 84 valence electrons. The van der Waals surface area contributed by atoms with Gasteiger partial charge in [0, 0.05) is 23.8 Å². The number of benzene rings is 1. The molecule has 16 heavy (non-hydrogen) atoms. The lowest BCUT2D eigenvalue weighted by Gasteiger charge is -2.41. The first-order chi connectivity index (χ1) is 7.75. The van der Waals surface area contributed by atoms with Crippen molar-refractivity contribution in [3.05, 3.63) is 28.8 Å². The number of hydrogen-bond acceptors (Lipinski definition) is 2. The summed E-state index contributed by atoms with van der Waals surface area (Å²) in [6, 6.07) is 5.96. The maximum Gasteiger partial charge on any atom is 0.242 e. The van der Waals surface area contributed by atoms with E-state index in [0.717, 1.165) is 31.0 Å². The number of carbonyl (C=O) groups excluding carboxylic acids is 1. The van der Waals surface area contributed by atoms with Crippen molar-refractivity contribution in [3.63, 3.8) is 0 Å². The van der Waals surface area contributed by atoms with Gasteiger partial charge in [-0.2, -0.15) is 0 Å². The summed E-state index contributed by atoms with van der Waals surface area (Å²) < 4.78 is 0. The van der Waals surface area contributed by atoms with Crippen LogP contribution >= 0.6 is 11.6 Å². The summed E-state index contributed by atoms with van der Waals surface area (Å²) in [6.07, 6.45) is 1.82. The third-order valence-corrected chi connectivity index (χ3v) is 3.60. The van der Waals surface area contributed by atoms with Crippen molar-refractivity contribution in [2.45, 2.75) is 18.9 Å². The van der Waals surface area contributed by atoms with Crippen LogP contribution in [0.15, 0.2) is 18.2 Å². The van der Waals surface area contributed by atoms with Crippen molar-refractivity contribution in [1.29, 1.82) is 0 Å². The highest BCUT2D eigenvalue weighted by atomic mass is 35.5. The van der Waals surface area contributed by atoms with E-state index in [2.05, 4.69) is 10.2 Å². The van der Waals surface area contributed by atoms with Gasteiger partial charge < -0.3 is 10.2 Å². The van der Waals surface area contributed by atoms with Gasteiger partial charge in [0.15, 0.2) is 0 Å². The summed E-state index contributed by atoms with van der Waals surface area (Å²) in [5.74, 6) is 0.159. The van der Waals surface area contributed by atoms with Gasteiger partial charge in [-0.05, 0) is 36.6 Å². The van der Waals surface area contributed by atoms with Gasteiger partial charge in [0.1, 0.15) is 6.04 Å². The topological polar surface area (TPSA) is 32.3 Å². The molecule has 0 aliphatic carbocycles. The Balaban J connectivity index is 2.02. The molecule has 2 heterocycles. The largest absolute Gasteiger partial charge is 0.358 e. The van der Waals surface area contributed by atoms with Crippen molar-refractivity contribution < 1.29 is 4.79 Å². The van der Waals surface area contributed by atoms with Crippen LogP contribution < -0.4 is 10.2 Å². The van der Waals surface area contributed by atoms with Gasteiger partial charge in [0.25, 0.3) is 0 Å². The molecule has 3 nitrogen and oxygen atoms in total. The standard InChI is InChI=1S/C12H13ClN2O/c13-9-2-4-10-8(7-9)1-3-11-12(16)14-5-6-15(10)11/h2,4,7,11H,1,3,5-6H2,(H,14,16). The smallest absolute Gasteiger partial charge is 0.242 e. The number of nitrogens with one attached hydrogen (secondary N) is 1. The Labute approximate surface area is 99.4 Å². The SMILES string of the molecule is O=C1NCCN2c3ccc(Cl)cc3CCC12. The summed E-state index contributed by atoms with van der Waals surface area (Å²) in [7, 11) is 0. The van der Waals surface area contributed by atoms with Gasteiger partial charge in [-0.1, -0.05) is 11.6 Å². The van der Waals surface area contributed by atoms with Crippen LogP contribution in [0.1, 0.15) is 12.0 Å². The summed E-state index contributed by atoms with van der Waals surface area (Å²) >= 11 is 5.98. The Kier molecular flexibility index (Phi) is 2.28. The first-order valence-corrected chi connectivity index (χ1v) is 5.96. The highest BCUT2D eigenvalue weighted by Gasteiger charge is 2.33. The molecule has 0 aromatic heterocycles. The number of rotatable bonds is 0. The van der Waals surface area contributed by atoms with Crippen LogP contribution in [0.2, 0.25) is 5.02 Å². The van der Waals surface area contributed by atoms with E-state index >= 15 is 0 Å². The highest BCUT2D eigenvalue weighted by Crippen LogP contribution is 2.33. The molecule has 0 bridgehead atoms. The number of fused-ring (bicyclic) bond motifs is 3. The van der Waals surface area contributed by atoms with Crippen LogP contribution in [0.25, 0.3) is 0 Å². The molecule has 1 aromatic rings. The molecule has 2 aliphatic heterocycles. The van der Waals surface area contributed by atoms with E-state index in [1.807, 2.05) is 18.2 Å². The molecule has 0 saturated carbocycles. The Morgan fingerprint density at radius 1 is 1.44 bits per heavy atom. The lowest BCUT2D eigenvalue weighted by Crippen LogP contribution is -2.57. The van der Waals surface area contributed by atoms with Crippen molar-refractivity contribution in [1.82, 2.24) is 5.32 Å². The van der Waals surface area contributed by atoms with Crippen LogP contribution in [0.3, 0.4) is 0 Å². The van der Waals surface area contributed by atoms with E-state index in [-0.39, 0.29) is 11.9 Å². The van der Waals surface area contributed by atoms with Crippen molar-refractivity contribution in [2.24, 2.45) is 0 Å². The van der Waals surface area contributed by atoms with E-state index in [1.54, 1.807) is 0 Å². The Morgan fingerprint density at radius 3 is 3.19 bits per heavy atom. The van der Waals surface area contributed by atoms with Gasteiger partial charge in [-0.3, -0.25) is 4.79 Å². The molecule has 0 radical (unpaired) electrons. The molecular weight excluding hydrogens is 224 g/mol. The lowest BCUT2D eigenvalue weighted by molar-refractivity contribution is -0.123. The van der Waals surface area contributed by atoms with Gasteiger partial charge in [-0.15, -0.1) is 0 Å². The van der Waals surface area contributed by atoms with Crippen LogP contribution in [0, 0.1) is 0 Å². The first kappa shape index (κ1) is 9.97. The fraction of sp³-hybridized carbons (Fsp3) is 0.417. The number of anilines is 1. The molecule has 1 amide bonds. The van der Waals surface area contributed by atoms with Gasteiger partial charge in [-0.25, -0.2) is 0 Å². The molecule has 1 fully saturated rings. The molecule has 1 aromatic carbocycles. The molecule has 4 heteroatoms. The predicted molar refractivity (Wildman–Crippen MR) is 63.9 cm³/mol. The molecule has 0 spiro atoms. The molecular formula is C12H13ClN2O. The average molecular weight is 237 g/mol. The Morgan fingerprint density at radius 2 is 2.31 bits per heavy atom. The van der Waals surface area contributed by atoms with E-state index in [0.29, 0.717) is 0 Å². The molecule has 3 rings (SSSR count). The van der Waals surface area contributed by atoms with E-state index in [4.69, 9.17) is 11.6 Å². The maximum absolute atomic E-state index is 11.7. The van der Waals surface area contributed by atoms with Crippen molar-refractivity contribution >= 4 is 23.2 Å². The second-order valence-corrected chi connectivity index (χ2v) is 4.75. The number of amides is 1. The zero-order valence-electron chi connectivity index (χ0n) is 8.87. The molecule has 1 saturated heterocycles.